The standard InChI is InChI=1S/C14H15BrN4/c1-19(2)12-6-4-11(5-7-12)17-18-14-8-3-10(15)9-13(14)16/h3-9H,16H2,1-2H3. The first kappa shape index (κ1) is 13.5. The summed E-state index contributed by atoms with van der Waals surface area (Å²) < 4.78 is 0.930. The molecule has 0 amide bonds. The van der Waals surface area contributed by atoms with Gasteiger partial charge in [0, 0.05) is 24.3 Å². The summed E-state index contributed by atoms with van der Waals surface area (Å²) in [6.07, 6.45) is 0. The highest BCUT2D eigenvalue weighted by molar-refractivity contribution is 9.10. The van der Waals surface area contributed by atoms with Crippen LogP contribution >= 0.6 is 15.9 Å². The van der Waals surface area contributed by atoms with Gasteiger partial charge in [0.05, 0.1) is 11.4 Å². The minimum Gasteiger partial charge on any atom is -0.397 e. The average molecular weight is 319 g/mol. The Kier molecular flexibility index (Phi) is 4.16. The molecule has 2 aromatic carbocycles. The Labute approximate surface area is 121 Å². The van der Waals surface area contributed by atoms with E-state index in [1.807, 2.05) is 61.5 Å². The van der Waals surface area contributed by atoms with Crippen molar-refractivity contribution < 1.29 is 0 Å². The predicted octanol–water partition coefficient (Wildman–Crippen LogP) is 4.51. The van der Waals surface area contributed by atoms with E-state index in [-0.39, 0.29) is 0 Å². The Morgan fingerprint density at radius 1 is 1.00 bits per heavy atom. The van der Waals surface area contributed by atoms with Gasteiger partial charge in [-0.25, -0.2) is 0 Å². The van der Waals surface area contributed by atoms with Gasteiger partial charge in [-0.3, -0.25) is 0 Å². The van der Waals surface area contributed by atoms with Crippen molar-refractivity contribution in [3.8, 4) is 0 Å². The van der Waals surface area contributed by atoms with Crippen LogP contribution in [0.3, 0.4) is 0 Å². The molecule has 0 aliphatic carbocycles. The van der Waals surface area contributed by atoms with E-state index in [1.165, 1.54) is 0 Å². The molecule has 5 heteroatoms. The molecule has 0 aliphatic rings. The van der Waals surface area contributed by atoms with Gasteiger partial charge >= 0.3 is 0 Å². The monoisotopic (exact) mass is 318 g/mol. The quantitative estimate of drug-likeness (QED) is 0.668. The molecule has 0 bridgehead atoms. The number of hydrogen-bond acceptors (Lipinski definition) is 4. The Morgan fingerprint density at radius 2 is 1.68 bits per heavy atom. The van der Waals surface area contributed by atoms with Crippen LogP contribution < -0.4 is 10.6 Å². The molecular weight excluding hydrogens is 304 g/mol. The molecule has 0 radical (unpaired) electrons. The van der Waals surface area contributed by atoms with Crippen molar-refractivity contribution in [3.05, 3.63) is 46.9 Å². The molecule has 2 aromatic rings. The molecule has 0 unspecified atom stereocenters. The van der Waals surface area contributed by atoms with Crippen molar-refractivity contribution in [2.24, 2.45) is 10.2 Å². The van der Waals surface area contributed by atoms with Gasteiger partial charge < -0.3 is 10.6 Å². The van der Waals surface area contributed by atoms with Crippen LogP contribution in [-0.2, 0) is 0 Å². The fraction of sp³-hybridized carbons (Fsp3) is 0.143. The van der Waals surface area contributed by atoms with Crippen LogP contribution in [-0.4, -0.2) is 14.1 Å². The second-order valence-electron chi connectivity index (χ2n) is 4.31. The number of halogens is 1. The zero-order valence-corrected chi connectivity index (χ0v) is 12.4. The summed E-state index contributed by atoms with van der Waals surface area (Å²) in [5.41, 5.74) is 9.05. The minimum atomic E-state index is 0.600. The SMILES string of the molecule is CN(C)c1ccc(N=Nc2ccc(Br)cc2N)cc1. The van der Waals surface area contributed by atoms with Crippen LogP contribution in [0.5, 0.6) is 0 Å². The van der Waals surface area contributed by atoms with Crippen molar-refractivity contribution in [3.63, 3.8) is 0 Å². The van der Waals surface area contributed by atoms with Gasteiger partial charge in [0.25, 0.3) is 0 Å². The second kappa shape index (κ2) is 5.84. The van der Waals surface area contributed by atoms with Crippen LogP contribution in [0.2, 0.25) is 0 Å². The summed E-state index contributed by atoms with van der Waals surface area (Å²) in [4.78, 5) is 2.04. The Morgan fingerprint density at radius 3 is 2.26 bits per heavy atom. The number of hydrogen-bond donors (Lipinski definition) is 1. The second-order valence-corrected chi connectivity index (χ2v) is 5.23. The Hall–Kier alpha value is -1.88. The first-order valence-corrected chi connectivity index (χ1v) is 6.60. The molecule has 0 aliphatic heterocycles. The van der Waals surface area contributed by atoms with E-state index in [0.717, 1.165) is 15.8 Å². The van der Waals surface area contributed by atoms with E-state index in [4.69, 9.17) is 5.73 Å². The first-order valence-electron chi connectivity index (χ1n) is 5.80. The van der Waals surface area contributed by atoms with E-state index in [1.54, 1.807) is 0 Å². The Balaban J connectivity index is 2.18. The molecule has 0 spiro atoms. The highest BCUT2D eigenvalue weighted by Gasteiger charge is 1.99. The number of nitrogen functional groups attached to an aromatic ring is 1. The van der Waals surface area contributed by atoms with Crippen LogP contribution in [0.15, 0.2) is 57.2 Å². The molecular formula is C14H15BrN4. The average Bonchev–Trinajstić information content (AvgIpc) is 2.38. The van der Waals surface area contributed by atoms with Crippen LogP contribution in [0.4, 0.5) is 22.7 Å². The third kappa shape index (κ3) is 3.54. The molecule has 0 saturated carbocycles. The molecule has 0 saturated heterocycles. The van der Waals surface area contributed by atoms with Crippen LogP contribution in [0, 0.1) is 0 Å². The fourth-order valence-electron chi connectivity index (χ4n) is 1.55. The fourth-order valence-corrected chi connectivity index (χ4v) is 1.92. The Bertz CT molecular complexity index is 591. The highest BCUT2D eigenvalue weighted by Crippen LogP contribution is 2.27. The molecule has 2 rings (SSSR count). The lowest BCUT2D eigenvalue weighted by molar-refractivity contribution is 1.13. The maximum atomic E-state index is 5.86. The van der Waals surface area contributed by atoms with Crippen LogP contribution in [0.25, 0.3) is 0 Å². The number of nitrogens with two attached hydrogens (primary N) is 1. The molecule has 4 nitrogen and oxygen atoms in total. The summed E-state index contributed by atoms with van der Waals surface area (Å²) in [7, 11) is 4.00. The normalized spacial score (nSPS) is 10.9. The van der Waals surface area contributed by atoms with Gasteiger partial charge in [0.1, 0.15) is 5.69 Å². The lowest BCUT2D eigenvalue weighted by Crippen LogP contribution is -2.07. The smallest absolute Gasteiger partial charge is 0.109 e. The first-order chi connectivity index (χ1) is 9.06. The molecule has 0 heterocycles. The van der Waals surface area contributed by atoms with Crippen molar-refractivity contribution in [2.75, 3.05) is 24.7 Å². The zero-order chi connectivity index (χ0) is 13.8. The lowest BCUT2D eigenvalue weighted by atomic mass is 10.3. The van der Waals surface area contributed by atoms with E-state index in [9.17, 15) is 0 Å². The minimum absolute atomic E-state index is 0.600. The molecule has 0 aromatic heterocycles. The van der Waals surface area contributed by atoms with Crippen molar-refractivity contribution in [2.45, 2.75) is 0 Å². The molecule has 0 atom stereocenters. The van der Waals surface area contributed by atoms with E-state index < -0.39 is 0 Å². The highest BCUT2D eigenvalue weighted by atomic mass is 79.9. The summed E-state index contributed by atoms with van der Waals surface area (Å²) in [5, 5.41) is 8.34. The van der Waals surface area contributed by atoms with Crippen molar-refractivity contribution in [1.82, 2.24) is 0 Å². The topological polar surface area (TPSA) is 54.0 Å². The van der Waals surface area contributed by atoms with Gasteiger partial charge in [-0.15, -0.1) is 5.11 Å². The van der Waals surface area contributed by atoms with Gasteiger partial charge in [-0.1, -0.05) is 15.9 Å². The van der Waals surface area contributed by atoms with Gasteiger partial charge in [-0.2, -0.15) is 5.11 Å². The number of nitrogens with zero attached hydrogens (tertiary/aromatic N) is 3. The third-order valence-corrected chi connectivity index (χ3v) is 3.12. The van der Waals surface area contributed by atoms with Crippen molar-refractivity contribution in [1.29, 1.82) is 0 Å². The van der Waals surface area contributed by atoms with E-state index in [2.05, 4.69) is 26.2 Å². The zero-order valence-electron chi connectivity index (χ0n) is 10.8. The molecule has 98 valence electrons. The van der Waals surface area contributed by atoms with Crippen LogP contribution in [0.1, 0.15) is 0 Å². The summed E-state index contributed by atoms with van der Waals surface area (Å²) >= 11 is 3.36. The molecule has 0 fully saturated rings. The van der Waals surface area contributed by atoms with Gasteiger partial charge in [0.15, 0.2) is 0 Å². The third-order valence-electron chi connectivity index (χ3n) is 2.63. The largest absolute Gasteiger partial charge is 0.397 e. The maximum absolute atomic E-state index is 5.86. The summed E-state index contributed by atoms with van der Waals surface area (Å²) in [5.74, 6) is 0. The summed E-state index contributed by atoms with van der Waals surface area (Å²) in [6, 6.07) is 13.4. The van der Waals surface area contributed by atoms with Crippen molar-refractivity contribution >= 4 is 38.7 Å². The number of benzene rings is 2. The molecule has 2 N–H and O–H groups in total. The number of azo groups is 1. The van der Waals surface area contributed by atoms with E-state index in [0.29, 0.717) is 11.4 Å². The lowest BCUT2D eigenvalue weighted by Gasteiger charge is -2.11. The van der Waals surface area contributed by atoms with Gasteiger partial charge in [-0.05, 0) is 42.5 Å². The number of rotatable bonds is 3. The molecule has 19 heavy (non-hydrogen) atoms. The maximum Gasteiger partial charge on any atom is 0.109 e. The van der Waals surface area contributed by atoms with Gasteiger partial charge in [0.2, 0.25) is 0 Å². The predicted molar refractivity (Wildman–Crippen MR) is 83.5 cm³/mol. The number of anilines is 2. The van der Waals surface area contributed by atoms with E-state index >= 15 is 0 Å². The summed E-state index contributed by atoms with van der Waals surface area (Å²) in [6.45, 7) is 0.